The van der Waals surface area contributed by atoms with Gasteiger partial charge in [0.05, 0.1) is 38.2 Å². The van der Waals surface area contributed by atoms with E-state index in [1.54, 1.807) is 6.07 Å². The zero-order valence-electron chi connectivity index (χ0n) is 12.2. The Kier molecular flexibility index (Phi) is 8.36. The van der Waals surface area contributed by atoms with E-state index in [2.05, 4.69) is 5.32 Å². The van der Waals surface area contributed by atoms with Crippen LogP contribution in [0.2, 0.25) is 0 Å². The summed E-state index contributed by atoms with van der Waals surface area (Å²) < 4.78 is 48.8. The molecule has 0 aliphatic heterocycles. The highest BCUT2D eigenvalue weighted by Crippen LogP contribution is 2.31. The predicted octanol–water partition coefficient (Wildman–Crippen LogP) is 1.07. The van der Waals surface area contributed by atoms with E-state index in [0.717, 1.165) is 6.07 Å². The smallest absolute Gasteiger partial charge is 0.378 e. The van der Waals surface area contributed by atoms with E-state index in [1.807, 2.05) is 0 Å². The van der Waals surface area contributed by atoms with Gasteiger partial charge in [0, 0.05) is 13.1 Å². The molecule has 0 radical (unpaired) electrons. The minimum absolute atomic E-state index is 0.0177. The average Bonchev–Trinajstić information content (AvgIpc) is 2.48. The Hall–Kier alpha value is -1.19. The van der Waals surface area contributed by atoms with Crippen molar-refractivity contribution in [1.29, 1.82) is 0 Å². The number of benzene rings is 1. The third-order valence-corrected chi connectivity index (χ3v) is 2.81. The summed E-state index contributed by atoms with van der Waals surface area (Å²) >= 11 is 0. The largest absolute Gasteiger partial charge is 0.416 e. The van der Waals surface area contributed by atoms with Crippen LogP contribution in [0.4, 0.5) is 13.2 Å². The molecule has 1 aromatic rings. The molecule has 0 spiro atoms. The summed E-state index contributed by atoms with van der Waals surface area (Å²) in [6, 6.07) is 5.39. The molecule has 1 atom stereocenters. The molecular formula is C14H22F3N3O2. The van der Waals surface area contributed by atoms with Crippen molar-refractivity contribution in [2.24, 2.45) is 11.5 Å². The maximum atomic E-state index is 12.8. The highest BCUT2D eigenvalue weighted by molar-refractivity contribution is 5.29. The standard InChI is InChI=1S/C14H22F3N3O2/c15-14(16,17)12-4-2-1-3-11(12)9-20-13(19)10-22-8-7-21-6-5-18/h1-4,13,20H,5-10,18-19H2. The fraction of sp³-hybridized carbons (Fsp3) is 0.571. The van der Waals surface area contributed by atoms with Crippen LogP contribution in [0, 0.1) is 0 Å². The van der Waals surface area contributed by atoms with Crippen LogP contribution in [0.15, 0.2) is 24.3 Å². The summed E-state index contributed by atoms with van der Waals surface area (Å²) in [6.45, 7) is 1.86. The van der Waals surface area contributed by atoms with Crippen molar-refractivity contribution in [2.45, 2.75) is 18.9 Å². The minimum Gasteiger partial charge on any atom is -0.378 e. The van der Waals surface area contributed by atoms with Gasteiger partial charge in [-0.25, -0.2) is 0 Å². The molecule has 1 unspecified atom stereocenters. The topological polar surface area (TPSA) is 82.5 Å². The lowest BCUT2D eigenvalue weighted by atomic mass is 10.1. The van der Waals surface area contributed by atoms with Crippen LogP contribution in [-0.4, -0.2) is 39.1 Å². The van der Waals surface area contributed by atoms with Crippen LogP contribution >= 0.6 is 0 Å². The Morgan fingerprint density at radius 2 is 1.77 bits per heavy atom. The van der Waals surface area contributed by atoms with Gasteiger partial charge >= 0.3 is 6.18 Å². The number of hydrogen-bond acceptors (Lipinski definition) is 5. The lowest BCUT2D eigenvalue weighted by molar-refractivity contribution is -0.138. The molecule has 126 valence electrons. The molecular weight excluding hydrogens is 299 g/mol. The normalized spacial score (nSPS) is 13.3. The summed E-state index contributed by atoms with van der Waals surface area (Å²) in [5, 5.41) is 2.81. The molecule has 0 bridgehead atoms. The van der Waals surface area contributed by atoms with Gasteiger partial charge < -0.3 is 20.9 Å². The van der Waals surface area contributed by atoms with Crippen LogP contribution in [0.3, 0.4) is 0 Å². The first kappa shape index (κ1) is 18.9. The van der Waals surface area contributed by atoms with Gasteiger partial charge in [-0.05, 0) is 11.6 Å². The SMILES string of the molecule is NCCOCCOCC(N)NCc1ccccc1C(F)(F)F. The van der Waals surface area contributed by atoms with Gasteiger partial charge in [-0.2, -0.15) is 13.2 Å². The number of nitrogens with two attached hydrogens (primary N) is 2. The van der Waals surface area contributed by atoms with E-state index in [9.17, 15) is 13.2 Å². The van der Waals surface area contributed by atoms with Gasteiger partial charge in [0.1, 0.15) is 0 Å². The van der Waals surface area contributed by atoms with Crippen molar-refractivity contribution < 1.29 is 22.6 Å². The molecule has 0 aromatic heterocycles. The highest BCUT2D eigenvalue weighted by atomic mass is 19.4. The second-order valence-corrected chi connectivity index (χ2v) is 4.62. The average molecular weight is 321 g/mol. The second-order valence-electron chi connectivity index (χ2n) is 4.62. The fourth-order valence-electron chi connectivity index (χ4n) is 1.76. The van der Waals surface area contributed by atoms with E-state index in [0.29, 0.717) is 26.4 Å². The molecule has 1 aromatic carbocycles. The van der Waals surface area contributed by atoms with Gasteiger partial charge in [-0.3, -0.25) is 5.32 Å². The fourth-order valence-corrected chi connectivity index (χ4v) is 1.76. The number of rotatable bonds is 10. The van der Waals surface area contributed by atoms with E-state index in [-0.39, 0.29) is 18.7 Å². The van der Waals surface area contributed by atoms with Crippen molar-refractivity contribution in [3.63, 3.8) is 0 Å². The number of halogens is 3. The Labute approximate surface area is 127 Å². The molecule has 0 heterocycles. The van der Waals surface area contributed by atoms with Gasteiger partial charge in [-0.15, -0.1) is 0 Å². The predicted molar refractivity (Wildman–Crippen MR) is 77.0 cm³/mol. The maximum Gasteiger partial charge on any atom is 0.416 e. The minimum atomic E-state index is -4.38. The van der Waals surface area contributed by atoms with E-state index in [1.165, 1.54) is 12.1 Å². The summed E-state index contributed by atoms with van der Waals surface area (Å²) in [6.07, 6.45) is -4.94. The van der Waals surface area contributed by atoms with E-state index < -0.39 is 17.9 Å². The monoisotopic (exact) mass is 321 g/mol. The van der Waals surface area contributed by atoms with Crippen molar-refractivity contribution in [3.05, 3.63) is 35.4 Å². The van der Waals surface area contributed by atoms with E-state index in [4.69, 9.17) is 20.9 Å². The maximum absolute atomic E-state index is 12.8. The molecule has 22 heavy (non-hydrogen) atoms. The lowest BCUT2D eigenvalue weighted by Gasteiger charge is -2.17. The summed E-state index contributed by atoms with van der Waals surface area (Å²) in [7, 11) is 0. The molecule has 1 rings (SSSR count). The third kappa shape index (κ3) is 7.19. The quantitative estimate of drug-likeness (QED) is 0.444. The Bertz CT molecular complexity index is 430. The van der Waals surface area contributed by atoms with Gasteiger partial charge in [0.25, 0.3) is 0 Å². The van der Waals surface area contributed by atoms with Crippen molar-refractivity contribution in [1.82, 2.24) is 5.32 Å². The van der Waals surface area contributed by atoms with Gasteiger partial charge in [0.2, 0.25) is 0 Å². The van der Waals surface area contributed by atoms with Crippen molar-refractivity contribution in [2.75, 3.05) is 33.0 Å². The van der Waals surface area contributed by atoms with Gasteiger partial charge in [-0.1, -0.05) is 18.2 Å². The second kappa shape index (κ2) is 9.75. The van der Waals surface area contributed by atoms with Crippen LogP contribution in [0.1, 0.15) is 11.1 Å². The van der Waals surface area contributed by atoms with Crippen LogP contribution in [0.5, 0.6) is 0 Å². The van der Waals surface area contributed by atoms with E-state index >= 15 is 0 Å². The molecule has 0 saturated heterocycles. The molecule has 0 saturated carbocycles. The zero-order chi connectivity index (χ0) is 16.4. The number of nitrogens with one attached hydrogen (secondary N) is 1. The third-order valence-electron chi connectivity index (χ3n) is 2.81. The Balaban J connectivity index is 2.31. The van der Waals surface area contributed by atoms with Crippen LogP contribution in [0.25, 0.3) is 0 Å². The lowest BCUT2D eigenvalue weighted by Crippen LogP contribution is -2.41. The zero-order valence-corrected chi connectivity index (χ0v) is 12.2. The molecule has 0 aliphatic carbocycles. The molecule has 0 fully saturated rings. The van der Waals surface area contributed by atoms with Crippen molar-refractivity contribution in [3.8, 4) is 0 Å². The van der Waals surface area contributed by atoms with Crippen LogP contribution < -0.4 is 16.8 Å². The molecule has 5 N–H and O–H groups in total. The Morgan fingerprint density at radius 1 is 1.09 bits per heavy atom. The van der Waals surface area contributed by atoms with Gasteiger partial charge in [0.15, 0.2) is 0 Å². The summed E-state index contributed by atoms with van der Waals surface area (Å²) in [5.41, 5.74) is 10.5. The molecule has 5 nitrogen and oxygen atoms in total. The molecule has 8 heteroatoms. The first-order chi connectivity index (χ1) is 10.4. The first-order valence-corrected chi connectivity index (χ1v) is 6.94. The Morgan fingerprint density at radius 3 is 2.45 bits per heavy atom. The highest BCUT2D eigenvalue weighted by Gasteiger charge is 2.32. The number of hydrogen-bond donors (Lipinski definition) is 3. The van der Waals surface area contributed by atoms with Crippen molar-refractivity contribution >= 4 is 0 Å². The summed E-state index contributed by atoms with van der Waals surface area (Å²) in [5.74, 6) is 0. The number of ether oxygens (including phenoxy) is 2. The summed E-state index contributed by atoms with van der Waals surface area (Å²) in [4.78, 5) is 0. The number of alkyl halides is 3. The molecule has 0 amide bonds. The molecule has 0 aliphatic rings. The van der Waals surface area contributed by atoms with Crippen LogP contribution in [-0.2, 0) is 22.2 Å². The first-order valence-electron chi connectivity index (χ1n) is 6.94.